The minimum absolute atomic E-state index is 0.0274. The molecule has 1 N–H and O–H groups in total. The van der Waals surface area contributed by atoms with E-state index >= 15 is 0 Å². The van der Waals surface area contributed by atoms with Crippen LogP contribution in [0.2, 0.25) is 5.02 Å². The number of rotatable bonds is 2. The maximum atomic E-state index is 13.9. The Labute approximate surface area is 265 Å². The molecule has 4 aliphatic rings. The van der Waals surface area contributed by atoms with Crippen LogP contribution in [-0.4, -0.2) is 54.7 Å². The van der Waals surface area contributed by atoms with Crippen molar-refractivity contribution in [3.63, 3.8) is 0 Å². The first kappa shape index (κ1) is 31.1. The van der Waals surface area contributed by atoms with Crippen LogP contribution in [0.25, 0.3) is 0 Å². The van der Waals surface area contributed by atoms with E-state index in [2.05, 4.69) is 38.3 Å². The molecule has 2 bridgehead atoms. The highest BCUT2D eigenvalue weighted by molar-refractivity contribution is 7.92. The Kier molecular flexibility index (Phi) is 8.83. The predicted molar refractivity (Wildman–Crippen MR) is 174 cm³/mol. The van der Waals surface area contributed by atoms with E-state index in [0.717, 1.165) is 61.7 Å². The van der Waals surface area contributed by atoms with Crippen molar-refractivity contribution < 1.29 is 23.3 Å². The Bertz CT molecular complexity index is 1600. The number of allylic oxidation sites excluding steroid dienone is 1. The summed E-state index contributed by atoms with van der Waals surface area (Å²) in [5, 5.41) is 0.747. The van der Waals surface area contributed by atoms with Gasteiger partial charge in [-0.1, -0.05) is 36.7 Å². The molecule has 1 spiro atoms. The van der Waals surface area contributed by atoms with Gasteiger partial charge >= 0.3 is 0 Å². The van der Waals surface area contributed by atoms with Gasteiger partial charge in [-0.05, 0) is 97.7 Å². The first-order chi connectivity index (χ1) is 21.1. The monoisotopic (exact) mass is 639 g/mol. The second-order valence-electron chi connectivity index (χ2n) is 13.1. The van der Waals surface area contributed by atoms with Crippen LogP contribution in [0, 0.1) is 17.8 Å². The van der Waals surface area contributed by atoms with Crippen LogP contribution in [-0.2, 0) is 31.3 Å². The summed E-state index contributed by atoms with van der Waals surface area (Å²) in [7, 11) is -1.57. The maximum Gasteiger partial charge on any atom is 0.286 e. The van der Waals surface area contributed by atoms with Gasteiger partial charge < -0.3 is 14.4 Å². The Hall–Kier alpha value is -2.88. The lowest BCUT2D eigenvalue weighted by atomic mass is 9.68. The van der Waals surface area contributed by atoms with Crippen LogP contribution >= 0.6 is 11.6 Å². The van der Waals surface area contributed by atoms with E-state index in [1.54, 1.807) is 13.2 Å². The molecule has 6 atom stereocenters. The molecule has 2 amide bonds. The SMILES string of the molecule is CO[C@H]1/C=C/C[C@H](C)C[S@@](=O)(NC(C)=O)=NC(=O)c2ccc3c(c2)N(C[C@@H]2CC[C@H]21)C[C@@]1(CCCc2cc(Cl)ccc21)CO3. The molecule has 0 saturated heterocycles. The van der Waals surface area contributed by atoms with Crippen molar-refractivity contribution >= 4 is 39.0 Å². The van der Waals surface area contributed by atoms with Crippen molar-refractivity contribution in [3.05, 3.63) is 70.3 Å². The smallest absolute Gasteiger partial charge is 0.286 e. The van der Waals surface area contributed by atoms with Crippen molar-refractivity contribution in [2.24, 2.45) is 22.1 Å². The fraction of sp³-hybridized carbons (Fsp3) is 0.529. The Balaban J connectivity index is 1.46. The normalized spacial score (nSPS) is 32.6. The number of hydrogen-bond donors (Lipinski definition) is 1. The number of benzene rings is 2. The molecule has 0 aromatic heterocycles. The summed E-state index contributed by atoms with van der Waals surface area (Å²) in [6.45, 7) is 5.30. The molecule has 6 rings (SSSR count). The van der Waals surface area contributed by atoms with E-state index in [1.807, 2.05) is 25.1 Å². The van der Waals surface area contributed by atoms with Gasteiger partial charge in [-0.25, -0.2) is 4.21 Å². The maximum absolute atomic E-state index is 13.9. The van der Waals surface area contributed by atoms with Crippen LogP contribution in [0.4, 0.5) is 5.69 Å². The standard InChI is InChI=1S/C34H42ClN3O5S/c1-22-6-4-8-31(42-3)28-12-9-26(28)18-38-20-34(15-5-7-24-16-27(35)11-13-29(24)34)21-43-32-14-10-25(17-30(32)38)33(40)37-44(41,19-22)36-23(2)39/h4,8,10-11,13-14,16-17,22,26,28,31H,5-7,9,12,15,18-21H2,1-3H3,(H,36,37,39,40,41)/b8-4+/t22-,26-,28+,31-,34-,44+/m0/s1. The van der Waals surface area contributed by atoms with Gasteiger partial charge in [0.05, 0.1) is 24.2 Å². The molecule has 2 heterocycles. The van der Waals surface area contributed by atoms with Crippen molar-refractivity contribution in [3.8, 4) is 5.75 Å². The lowest BCUT2D eigenvalue weighted by Gasteiger charge is -2.46. The largest absolute Gasteiger partial charge is 0.490 e. The Morgan fingerprint density at radius 3 is 2.82 bits per heavy atom. The number of anilines is 1. The van der Waals surface area contributed by atoms with Gasteiger partial charge in [-0.3, -0.25) is 14.3 Å². The number of halogens is 1. The molecular weight excluding hydrogens is 598 g/mol. The van der Waals surface area contributed by atoms with Crippen LogP contribution in [0.15, 0.2) is 52.9 Å². The molecule has 0 radical (unpaired) electrons. The summed E-state index contributed by atoms with van der Waals surface area (Å²) < 4.78 is 33.1. The molecule has 8 nitrogen and oxygen atoms in total. The molecule has 236 valence electrons. The number of nitrogens with one attached hydrogen (secondary N) is 1. The molecule has 2 aromatic carbocycles. The zero-order valence-electron chi connectivity index (χ0n) is 25.7. The van der Waals surface area contributed by atoms with Crippen molar-refractivity contribution in [2.45, 2.75) is 63.9 Å². The van der Waals surface area contributed by atoms with Gasteiger partial charge in [0.25, 0.3) is 5.91 Å². The number of aryl methyl sites for hydroxylation is 1. The van der Waals surface area contributed by atoms with E-state index in [4.69, 9.17) is 21.1 Å². The van der Waals surface area contributed by atoms with E-state index < -0.39 is 21.7 Å². The van der Waals surface area contributed by atoms with E-state index in [-0.39, 0.29) is 23.2 Å². The topological polar surface area (TPSA) is 97.3 Å². The predicted octanol–water partition coefficient (Wildman–Crippen LogP) is 6.11. The lowest BCUT2D eigenvalue weighted by Crippen LogP contribution is -2.49. The van der Waals surface area contributed by atoms with Crippen LogP contribution < -0.4 is 14.4 Å². The number of nitrogens with zero attached hydrogens (tertiary/aromatic N) is 2. The average molecular weight is 640 g/mol. The first-order valence-corrected chi connectivity index (χ1v) is 17.7. The number of carbonyl (C=O) groups excluding carboxylic acids is 2. The number of amides is 2. The fourth-order valence-corrected chi connectivity index (χ4v) is 9.72. The summed E-state index contributed by atoms with van der Waals surface area (Å²) >= 11 is 6.42. The van der Waals surface area contributed by atoms with Crippen LogP contribution in [0.5, 0.6) is 5.75 Å². The highest BCUT2D eigenvalue weighted by Gasteiger charge is 2.44. The molecule has 10 heteroatoms. The van der Waals surface area contributed by atoms with E-state index in [1.165, 1.54) is 18.1 Å². The van der Waals surface area contributed by atoms with Gasteiger partial charge in [0.15, 0.2) is 0 Å². The third-order valence-corrected chi connectivity index (χ3v) is 12.1. The summed E-state index contributed by atoms with van der Waals surface area (Å²) in [4.78, 5) is 28.0. The molecule has 44 heavy (non-hydrogen) atoms. The van der Waals surface area contributed by atoms with Crippen LogP contribution in [0.1, 0.15) is 67.4 Å². The van der Waals surface area contributed by atoms with Crippen molar-refractivity contribution in [1.82, 2.24) is 4.72 Å². The molecule has 1 saturated carbocycles. The van der Waals surface area contributed by atoms with Gasteiger partial charge in [-0.15, -0.1) is 4.36 Å². The molecule has 0 unspecified atom stereocenters. The number of carbonyl (C=O) groups is 2. The molecule has 2 aromatic rings. The van der Waals surface area contributed by atoms with E-state index in [0.29, 0.717) is 30.4 Å². The highest BCUT2D eigenvalue weighted by atomic mass is 35.5. The number of ether oxygens (including phenoxy) is 2. The Morgan fingerprint density at radius 1 is 1.23 bits per heavy atom. The van der Waals surface area contributed by atoms with Gasteiger partial charge in [-0.2, -0.15) is 0 Å². The first-order valence-electron chi connectivity index (χ1n) is 15.7. The van der Waals surface area contributed by atoms with Crippen LogP contribution in [0.3, 0.4) is 0 Å². The third-order valence-electron chi connectivity index (χ3n) is 9.82. The van der Waals surface area contributed by atoms with Crippen molar-refractivity contribution in [2.75, 3.05) is 37.5 Å². The fourth-order valence-electron chi connectivity index (χ4n) is 7.59. The zero-order chi connectivity index (χ0) is 31.1. The van der Waals surface area contributed by atoms with Crippen molar-refractivity contribution in [1.29, 1.82) is 0 Å². The summed E-state index contributed by atoms with van der Waals surface area (Å²) in [5.41, 5.74) is 3.48. The molecule has 1 fully saturated rings. The quantitative estimate of drug-likeness (QED) is 0.398. The third kappa shape index (κ3) is 6.28. The molecule has 2 aliphatic carbocycles. The summed E-state index contributed by atoms with van der Waals surface area (Å²) in [5.74, 6) is 0.385. The minimum atomic E-state index is -3.34. The highest BCUT2D eigenvalue weighted by Crippen LogP contribution is 2.47. The average Bonchev–Trinajstić information content (AvgIpc) is 3.10. The van der Waals surface area contributed by atoms with Gasteiger partial charge in [0.1, 0.15) is 15.7 Å². The zero-order valence-corrected chi connectivity index (χ0v) is 27.3. The minimum Gasteiger partial charge on any atom is -0.490 e. The lowest BCUT2D eigenvalue weighted by molar-refractivity contribution is -0.117. The van der Waals surface area contributed by atoms with Gasteiger partial charge in [0, 0.05) is 43.1 Å². The Morgan fingerprint density at radius 2 is 2.07 bits per heavy atom. The second-order valence-corrected chi connectivity index (χ2v) is 15.6. The van der Waals surface area contributed by atoms with Gasteiger partial charge in [0.2, 0.25) is 5.91 Å². The number of methoxy groups -OCH3 is 1. The second kappa shape index (κ2) is 12.5. The van der Waals surface area contributed by atoms with E-state index in [9.17, 15) is 13.8 Å². The summed E-state index contributed by atoms with van der Waals surface area (Å²) in [6, 6.07) is 11.6. The molecule has 2 aliphatic heterocycles. The summed E-state index contributed by atoms with van der Waals surface area (Å²) in [6.07, 6.45) is 10.0. The number of fused-ring (bicyclic) bond motifs is 4. The number of hydrogen-bond acceptors (Lipinski definition) is 6. The molecular formula is C34H42ClN3O5S.